The van der Waals surface area contributed by atoms with E-state index in [1.165, 1.54) is 19.2 Å². The van der Waals surface area contributed by atoms with Gasteiger partial charge in [-0.1, -0.05) is 24.3 Å². The van der Waals surface area contributed by atoms with Crippen LogP contribution in [0.4, 0.5) is 11.5 Å². The number of methoxy groups -OCH3 is 1. The van der Waals surface area contributed by atoms with E-state index in [-0.39, 0.29) is 11.6 Å². The van der Waals surface area contributed by atoms with Gasteiger partial charge in [0, 0.05) is 42.3 Å². The summed E-state index contributed by atoms with van der Waals surface area (Å²) in [5.41, 5.74) is 3.54. The highest BCUT2D eigenvalue weighted by Crippen LogP contribution is 2.47. The molecule has 0 saturated carbocycles. The lowest BCUT2D eigenvalue weighted by atomic mass is 9.79. The van der Waals surface area contributed by atoms with Crippen LogP contribution in [0.1, 0.15) is 48.4 Å². The number of carbonyl (C=O) groups is 1. The summed E-state index contributed by atoms with van der Waals surface area (Å²) < 4.78 is 6.85. The zero-order chi connectivity index (χ0) is 20.7. The van der Waals surface area contributed by atoms with Crippen LogP contribution in [0.3, 0.4) is 0 Å². The Morgan fingerprint density at radius 1 is 1.34 bits per heavy atom. The molecule has 1 aliphatic carbocycles. The third-order valence-corrected chi connectivity index (χ3v) is 5.61. The van der Waals surface area contributed by atoms with Crippen LogP contribution >= 0.6 is 0 Å². The maximum absolute atomic E-state index is 12.7. The number of rotatable bonds is 4. The second kappa shape index (κ2) is 7.20. The zero-order valence-corrected chi connectivity index (χ0v) is 16.5. The first-order valence-electron chi connectivity index (χ1n) is 9.44. The van der Waals surface area contributed by atoms with Gasteiger partial charge in [0.1, 0.15) is 5.82 Å². The fourth-order valence-electron chi connectivity index (χ4n) is 4.27. The van der Waals surface area contributed by atoms with Crippen molar-refractivity contribution in [1.29, 1.82) is 0 Å². The van der Waals surface area contributed by atoms with Gasteiger partial charge in [-0.05, 0) is 25.3 Å². The molecule has 1 aromatic carbocycles. The van der Waals surface area contributed by atoms with E-state index >= 15 is 0 Å². The number of nitrogens with zero attached hydrogens (tertiary/aromatic N) is 3. The molecule has 2 aromatic rings. The van der Waals surface area contributed by atoms with Gasteiger partial charge in [-0.3, -0.25) is 14.8 Å². The third kappa shape index (κ3) is 3.10. The molecular weight excluding hydrogens is 372 g/mol. The van der Waals surface area contributed by atoms with E-state index in [4.69, 9.17) is 9.84 Å². The Kier molecular flexibility index (Phi) is 4.70. The summed E-state index contributed by atoms with van der Waals surface area (Å²) in [5.74, 6) is 0.0539. The summed E-state index contributed by atoms with van der Waals surface area (Å²) in [4.78, 5) is 23.7. The van der Waals surface area contributed by atoms with E-state index in [0.717, 1.165) is 29.9 Å². The van der Waals surface area contributed by atoms with Crippen LogP contribution in [0.15, 0.2) is 47.7 Å². The van der Waals surface area contributed by atoms with Gasteiger partial charge in [0.25, 0.3) is 5.69 Å². The standard InChI is InChI=1S/C21H22N4O4/c1-12-16(21(26)29-3)17(14-9-6-10-15(11-14)25(27)28)18-19(13-7-4-5-8-13)23-24(2)20(18)22-12/h4-6,9-11,13,17,22H,7-8H2,1-3H3. The molecule has 4 rings (SSSR count). The van der Waals surface area contributed by atoms with Gasteiger partial charge < -0.3 is 10.1 Å². The molecule has 2 aliphatic rings. The predicted molar refractivity (Wildman–Crippen MR) is 108 cm³/mol. The fourth-order valence-corrected chi connectivity index (χ4v) is 4.27. The summed E-state index contributed by atoms with van der Waals surface area (Å²) in [6.07, 6.45) is 6.02. The largest absolute Gasteiger partial charge is 0.466 e. The molecule has 0 amide bonds. The van der Waals surface area contributed by atoms with Crippen molar-refractivity contribution in [2.45, 2.75) is 31.6 Å². The number of nitrogens with one attached hydrogen (secondary N) is 1. The number of allylic oxidation sites excluding steroid dienone is 3. The summed E-state index contributed by atoms with van der Waals surface area (Å²) in [6, 6.07) is 6.43. The smallest absolute Gasteiger partial charge is 0.336 e. The highest BCUT2D eigenvalue weighted by Gasteiger charge is 2.39. The Balaban J connectivity index is 1.96. The number of fused-ring (bicyclic) bond motifs is 1. The van der Waals surface area contributed by atoms with Gasteiger partial charge in [-0.15, -0.1) is 0 Å². The predicted octanol–water partition coefficient (Wildman–Crippen LogP) is 3.77. The van der Waals surface area contributed by atoms with Gasteiger partial charge in [-0.2, -0.15) is 5.10 Å². The van der Waals surface area contributed by atoms with Crippen molar-refractivity contribution < 1.29 is 14.5 Å². The van der Waals surface area contributed by atoms with E-state index in [9.17, 15) is 14.9 Å². The normalized spacial score (nSPS) is 18.5. The number of non-ortho nitro benzene ring substituents is 1. The molecule has 0 fully saturated rings. The number of benzene rings is 1. The average molecular weight is 394 g/mol. The average Bonchev–Trinajstić information content (AvgIpc) is 3.35. The minimum absolute atomic E-state index is 0.0163. The van der Waals surface area contributed by atoms with Crippen molar-refractivity contribution >= 4 is 17.5 Å². The molecule has 1 aliphatic heterocycles. The maximum Gasteiger partial charge on any atom is 0.336 e. The Bertz CT molecular complexity index is 1060. The van der Waals surface area contributed by atoms with Crippen molar-refractivity contribution in [3.05, 3.63) is 74.6 Å². The lowest BCUT2D eigenvalue weighted by Crippen LogP contribution is -2.25. The Morgan fingerprint density at radius 2 is 2.07 bits per heavy atom. The monoisotopic (exact) mass is 394 g/mol. The quantitative estimate of drug-likeness (QED) is 0.367. The summed E-state index contributed by atoms with van der Waals surface area (Å²) in [5, 5.41) is 19.4. The van der Waals surface area contributed by atoms with Gasteiger partial charge in [0.15, 0.2) is 0 Å². The molecule has 0 radical (unpaired) electrons. The number of carbonyl (C=O) groups excluding carboxylic acids is 1. The second-order valence-electron chi connectivity index (χ2n) is 7.35. The van der Waals surface area contributed by atoms with E-state index in [1.807, 2.05) is 20.0 Å². The topological polar surface area (TPSA) is 99.3 Å². The molecule has 0 spiro atoms. The van der Waals surface area contributed by atoms with Crippen molar-refractivity contribution in [3.63, 3.8) is 0 Å². The summed E-state index contributed by atoms with van der Waals surface area (Å²) >= 11 is 0. The van der Waals surface area contributed by atoms with Crippen LogP contribution in [0.5, 0.6) is 0 Å². The molecule has 8 heteroatoms. The van der Waals surface area contributed by atoms with Gasteiger partial charge in [0.2, 0.25) is 0 Å². The van der Waals surface area contributed by atoms with Crippen LogP contribution < -0.4 is 5.32 Å². The van der Waals surface area contributed by atoms with Crippen LogP contribution in [0.25, 0.3) is 0 Å². The van der Waals surface area contributed by atoms with Gasteiger partial charge in [-0.25, -0.2) is 4.79 Å². The van der Waals surface area contributed by atoms with Crippen molar-refractivity contribution in [1.82, 2.24) is 9.78 Å². The molecule has 0 bridgehead atoms. The molecule has 1 atom stereocenters. The minimum Gasteiger partial charge on any atom is -0.466 e. The Morgan fingerprint density at radius 3 is 2.72 bits per heavy atom. The van der Waals surface area contributed by atoms with Crippen LogP contribution in [-0.4, -0.2) is 27.8 Å². The number of hydrogen-bond acceptors (Lipinski definition) is 6. The molecule has 0 saturated heterocycles. The van der Waals surface area contributed by atoms with E-state index < -0.39 is 16.8 Å². The molecule has 1 N–H and O–H groups in total. The second-order valence-corrected chi connectivity index (χ2v) is 7.35. The lowest BCUT2D eigenvalue weighted by molar-refractivity contribution is -0.384. The molecule has 150 valence electrons. The molecule has 29 heavy (non-hydrogen) atoms. The SMILES string of the molecule is COC(=O)C1=C(C)Nc2c(c(C3CC=CC3)nn2C)C1c1cccc([N+](=O)[O-])c1. The number of aryl methyl sites for hydroxylation is 1. The van der Waals surface area contributed by atoms with Crippen molar-refractivity contribution in [2.24, 2.45) is 7.05 Å². The van der Waals surface area contributed by atoms with E-state index in [0.29, 0.717) is 16.8 Å². The van der Waals surface area contributed by atoms with Crippen LogP contribution in [0, 0.1) is 10.1 Å². The third-order valence-electron chi connectivity index (χ3n) is 5.61. The first kappa shape index (κ1) is 18.9. The van der Waals surface area contributed by atoms with Crippen LogP contribution in [0.2, 0.25) is 0 Å². The first-order valence-corrected chi connectivity index (χ1v) is 9.44. The number of hydrogen-bond donors (Lipinski definition) is 1. The maximum atomic E-state index is 12.7. The number of nitro groups is 1. The number of esters is 1. The number of aromatic nitrogens is 2. The Labute approximate surface area is 168 Å². The molecule has 2 heterocycles. The number of nitro benzene ring substituents is 1. The molecule has 8 nitrogen and oxygen atoms in total. The number of ether oxygens (including phenoxy) is 1. The highest BCUT2D eigenvalue weighted by molar-refractivity contribution is 5.94. The van der Waals surface area contributed by atoms with E-state index in [2.05, 4.69) is 17.5 Å². The lowest BCUT2D eigenvalue weighted by Gasteiger charge is -2.29. The van der Waals surface area contributed by atoms with Crippen molar-refractivity contribution in [3.8, 4) is 0 Å². The Hall–Kier alpha value is -3.42. The molecule has 1 unspecified atom stereocenters. The fraction of sp³-hybridized carbons (Fsp3) is 0.333. The number of anilines is 1. The molecular formula is C21H22N4O4. The van der Waals surface area contributed by atoms with Crippen molar-refractivity contribution in [2.75, 3.05) is 12.4 Å². The zero-order valence-electron chi connectivity index (χ0n) is 16.5. The minimum atomic E-state index is -0.497. The highest BCUT2D eigenvalue weighted by atomic mass is 16.6. The molecule has 1 aromatic heterocycles. The van der Waals surface area contributed by atoms with Gasteiger partial charge >= 0.3 is 5.97 Å². The summed E-state index contributed by atoms with van der Waals surface area (Å²) in [7, 11) is 3.20. The summed E-state index contributed by atoms with van der Waals surface area (Å²) in [6.45, 7) is 1.81. The van der Waals surface area contributed by atoms with Gasteiger partial charge in [0.05, 0.1) is 23.3 Å². The van der Waals surface area contributed by atoms with Crippen LogP contribution in [-0.2, 0) is 16.6 Å². The first-order chi connectivity index (χ1) is 13.9. The van der Waals surface area contributed by atoms with E-state index in [1.54, 1.807) is 10.7 Å².